The number of unbranched alkanes of at least 4 members (excludes halogenated alkanes) is 34. The molecule has 0 aromatic heterocycles. The molecule has 6 N–H and O–H groups in total. The van der Waals surface area contributed by atoms with E-state index in [1.165, 1.54) is 255 Å². The average Bonchev–Trinajstić information content (AvgIpc) is 3.20. The van der Waals surface area contributed by atoms with Crippen LogP contribution in [-0.2, 0) is 12.8 Å². The first kappa shape index (κ1) is 55.2. The third kappa shape index (κ3) is 38.7. The lowest BCUT2D eigenvalue weighted by Crippen LogP contribution is -2.03. The number of fused-ring (bicyclic) bond motifs is 1. The monoisotopic (exact) mass is 811 g/mol. The van der Waals surface area contributed by atoms with E-state index in [-0.39, 0.29) is 0 Å². The fourth-order valence-electron chi connectivity index (χ4n) is 8.33. The number of aryl methyl sites for hydroxylation is 2. The number of rotatable bonds is 38. The molecule has 0 aliphatic heterocycles. The summed E-state index contributed by atoms with van der Waals surface area (Å²) in [7, 11) is 0. The Morgan fingerprint density at radius 1 is 0.379 bits per heavy atom. The van der Waals surface area contributed by atoms with Crippen LogP contribution in [0.5, 0.6) is 0 Å². The topological polar surface area (TPSA) is 127 Å². The SMILES string of the molecule is CCCCCCCCCCCCCCCCCCCCc1ccc2ccccc2c1CCCCCCCCCCCCCCCCCCCC.NC(=O)O.NC(=O)O. The molecule has 2 aromatic rings. The predicted molar refractivity (Wildman–Crippen MR) is 253 cm³/mol. The summed E-state index contributed by atoms with van der Waals surface area (Å²) in [5.41, 5.74) is 11.4. The Labute approximate surface area is 358 Å². The molecule has 0 aliphatic carbocycles. The third-order valence-corrected chi connectivity index (χ3v) is 11.7. The van der Waals surface area contributed by atoms with Crippen molar-refractivity contribution in [3.05, 3.63) is 47.5 Å². The highest BCUT2D eigenvalue weighted by atomic mass is 16.4. The second-order valence-electron chi connectivity index (χ2n) is 17.1. The van der Waals surface area contributed by atoms with Crippen molar-refractivity contribution in [3.63, 3.8) is 0 Å². The van der Waals surface area contributed by atoms with Gasteiger partial charge in [0.1, 0.15) is 0 Å². The van der Waals surface area contributed by atoms with Gasteiger partial charge in [-0.05, 0) is 47.6 Å². The van der Waals surface area contributed by atoms with Gasteiger partial charge in [-0.2, -0.15) is 0 Å². The summed E-state index contributed by atoms with van der Waals surface area (Å²) in [6.45, 7) is 4.62. The van der Waals surface area contributed by atoms with Crippen LogP contribution in [-0.4, -0.2) is 22.4 Å². The first-order valence-corrected chi connectivity index (χ1v) is 24.8. The number of hydrogen-bond donors (Lipinski definition) is 4. The Balaban J connectivity index is 0.00000370. The zero-order valence-electron chi connectivity index (χ0n) is 38.2. The highest BCUT2D eigenvalue weighted by Crippen LogP contribution is 2.27. The van der Waals surface area contributed by atoms with Crippen LogP contribution in [0.25, 0.3) is 10.8 Å². The van der Waals surface area contributed by atoms with Gasteiger partial charge in [0.15, 0.2) is 0 Å². The van der Waals surface area contributed by atoms with E-state index >= 15 is 0 Å². The maximum absolute atomic E-state index is 8.78. The van der Waals surface area contributed by atoms with Gasteiger partial charge in [0.25, 0.3) is 0 Å². The van der Waals surface area contributed by atoms with Crippen LogP contribution in [0.3, 0.4) is 0 Å². The number of carbonyl (C=O) groups is 2. The lowest BCUT2D eigenvalue weighted by Gasteiger charge is -2.14. The number of nitrogens with two attached hydrogens (primary N) is 2. The van der Waals surface area contributed by atoms with Gasteiger partial charge in [-0.3, -0.25) is 0 Å². The van der Waals surface area contributed by atoms with Gasteiger partial charge < -0.3 is 21.7 Å². The van der Waals surface area contributed by atoms with Crippen molar-refractivity contribution in [2.24, 2.45) is 11.5 Å². The minimum atomic E-state index is -1.33. The van der Waals surface area contributed by atoms with Crippen LogP contribution in [0.4, 0.5) is 9.59 Å². The molecule has 6 nitrogen and oxygen atoms in total. The Hall–Kier alpha value is -2.76. The maximum Gasteiger partial charge on any atom is 0.402 e. The molecule has 0 atom stereocenters. The van der Waals surface area contributed by atoms with Crippen molar-refractivity contribution in [1.29, 1.82) is 0 Å². The average molecular weight is 811 g/mol. The summed E-state index contributed by atoms with van der Waals surface area (Å²) in [5.74, 6) is 0. The molecule has 0 bridgehead atoms. The molecule has 6 heteroatoms. The fraction of sp³-hybridized carbons (Fsp3) is 0.769. The number of primary amides is 2. The molecule has 0 saturated heterocycles. The molecule has 0 aliphatic rings. The summed E-state index contributed by atoms with van der Waals surface area (Å²) < 4.78 is 0. The lowest BCUT2D eigenvalue weighted by molar-refractivity contribution is 0.204. The summed E-state index contributed by atoms with van der Waals surface area (Å²) in [6, 6.07) is 14.0. The molecule has 336 valence electrons. The van der Waals surface area contributed by atoms with Crippen molar-refractivity contribution in [2.45, 2.75) is 258 Å². The van der Waals surface area contributed by atoms with Crippen molar-refractivity contribution < 1.29 is 19.8 Å². The number of carboxylic acid groups (broad SMARTS) is 2. The largest absolute Gasteiger partial charge is 0.465 e. The molecule has 2 aromatic carbocycles. The summed E-state index contributed by atoms with van der Waals surface area (Å²) in [5, 5.41) is 17.4. The van der Waals surface area contributed by atoms with Crippen molar-refractivity contribution in [3.8, 4) is 0 Å². The van der Waals surface area contributed by atoms with E-state index in [0.29, 0.717) is 0 Å². The zero-order valence-corrected chi connectivity index (χ0v) is 38.2. The van der Waals surface area contributed by atoms with Gasteiger partial charge in [0, 0.05) is 0 Å². The molecule has 0 radical (unpaired) electrons. The lowest BCUT2D eigenvalue weighted by atomic mass is 9.91. The van der Waals surface area contributed by atoms with Crippen LogP contribution in [0.1, 0.15) is 256 Å². The summed E-state index contributed by atoms with van der Waals surface area (Å²) >= 11 is 0. The number of hydrogen-bond acceptors (Lipinski definition) is 2. The zero-order chi connectivity index (χ0) is 42.6. The van der Waals surface area contributed by atoms with Crippen molar-refractivity contribution in [2.75, 3.05) is 0 Å². The van der Waals surface area contributed by atoms with E-state index in [1.54, 1.807) is 11.1 Å². The van der Waals surface area contributed by atoms with Gasteiger partial charge in [-0.1, -0.05) is 269 Å². The van der Waals surface area contributed by atoms with Crippen LogP contribution >= 0.6 is 0 Å². The van der Waals surface area contributed by atoms with E-state index in [0.717, 1.165) is 0 Å². The molecule has 0 fully saturated rings. The second kappa shape index (κ2) is 43.8. The van der Waals surface area contributed by atoms with Gasteiger partial charge in [-0.15, -0.1) is 0 Å². The fourth-order valence-corrected chi connectivity index (χ4v) is 8.33. The third-order valence-electron chi connectivity index (χ3n) is 11.7. The summed E-state index contributed by atoms with van der Waals surface area (Å²) in [4.78, 5) is 17.6. The molecular weight excluding hydrogens is 717 g/mol. The van der Waals surface area contributed by atoms with Crippen LogP contribution in [0, 0.1) is 0 Å². The Bertz CT molecular complexity index is 1170. The Morgan fingerprint density at radius 2 is 0.638 bits per heavy atom. The highest BCUT2D eigenvalue weighted by molar-refractivity contribution is 5.86. The van der Waals surface area contributed by atoms with Crippen molar-refractivity contribution >= 4 is 23.0 Å². The number of amides is 2. The minimum Gasteiger partial charge on any atom is -0.465 e. The standard InChI is InChI=1S/C50H88.2CH3NO2/c1-3-5-7-9-11-13-15-17-19-21-23-25-27-29-31-33-35-37-41-47-45-46-48-42-39-40-44-50(48)49(47)43-38-36-34-32-30-28-26-24-22-20-18-16-14-12-10-8-6-4-2;2*2-1(3)4/h39-40,42,44-46H,3-38,41,43H2,1-2H3;2*2H2,(H,3,4). The molecule has 0 saturated carbocycles. The normalized spacial score (nSPS) is 10.9. The molecule has 0 spiro atoms. The predicted octanol–water partition coefficient (Wildman–Crippen LogP) is 17.3. The van der Waals surface area contributed by atoms with Gasteiger partial charge in [-0.25, -0.2) is 9.59 Å². The van der Waals surface area contributed by atoms with E-state index in [4.69, 9.17) is 19.8 Å². The first-order chi connectivity index (χ1) is 28.3. The smallest absolute Gasteiger partial charge is 0.402 e. The van der Waals surface area contributed by atoms with Gasteiger partial charge >= 0.3 is 12.2 Å². The van der Waals surface area contributed by atoms with Crippen LogP contribution < -0.4 is 11.5 Å². The number of benzene rings is 2. The van der Waals surface area contributed by atoms with E-state index in [9.17, 15) is 0 Å². The van der Waals surface area contributed by atoms with Crippen LogP contribution in [0.2, 0.25) is 0 Å². The Morgan fingerprint density at radius 3 is 0.948 bits per heavy atom. The molecule has 2 amide bonds. The van der Waals surface area contributed by atoms with Crippen LogP contribution in [0.15, 0.2) is 36.4 Å². The minimum absolute atomic E-state index is 1.27. The van der Waals surface area contributed by atoms with Gasteiger partial charge in [0.05, 0.1) is 0 Å². The van der Waals surface area contributed by atoms with E-state index in [1.807, 2.05) is 0 Å². The molecule has 0 heterocycles. The van der Waals surface area contributed by atoms with E-state index < -0.39 is 12.2 Å². The first-order valence-electron chi connectivity index (χ1n) is 24.8. The highest BCUT2D eigenvalue weighted by Gasteiger charge is 2.08. The molecule has 0 unspecified atom stereocenters. The molecule has 2 rings (SSSR count). The summed E-state index contributed by atoms with van der Waals surface area (Å²) in [6.07, 6.45) is 52.1. The van der Waals surface area contributed by atoms with Gasteiger partial charge in [0.2, 0.25) is 0 Å². The second-order valence-corrected chi connectivity index (χ2v) is 17.1. The van der Waals surface area contributed by atoms with E-state index in [2.05, 4.69) is 61.7 Å². The Kier molecular flexibility index (Phi) is 41.7. The quantitative estimate of drug-likeness (QED) is 0.0504. The molecular formula is C52H94N2O4. The maximum atomic E-state index is 8.78. The molecule has 58 heavy (non-hydrogen) atoms. The van der Waals surface area contributed by atoms with Crippen molar-refractivity contribution in [1.82, 2.24) is 0 Å².